The van der Waals surface area contributed by atoms with Gasteiger partial charge >= 0.3 is 0 Å². The Labute approximate surface area is 152 Å². The highest BCUT2D eigenvalue weighted by atomic mass is 35.5. The molecular weight excluding hydrogens is 369 g/mol. The highest BCUT2D eigenvalue weighted by molar-refractivity contribution is 7.99. The van der Waals surface area contributed by atoms with Gasteiger partial charge in [-0.05, 0) is 24.5 Å². The first kappa shape index (κ1) is 17.9. The van der Waals surface area contributed by atoms with E-state index in [1.807, 2.05) is 0 Å². The SMILES string of the molecule is CSC(c1ccccc1F)c1c(-c2c(F)cccc2F)c(Cl)nn1C. The van der Waals surface area contributed by atoms with Gasteiger partial charge in [0.25, 0.3) is 0 Å². The molecule has 0 aliphatic heterocycles. The van der Waals surface area contributed by atoms with Crippen LogP contribution in [0.25, 0.3) is 11.1 Å². The minimum Gasteiger partial charge on any atom is -0.269 e. The summed E-state index contributed by atoms with van der Waals surface area (Å²) in [7, 11) is 1.62. The highest BCUT2D eigenvalue weighted by Gasteiger charge is 2.29. The Hall–Kier alpha value is -1.92. The van der Waals surface area contributed by atoms with Crippen molar-refractivity contribution in [3.63, 3.8) is 0 Å². The van der Waals surface area contributed by atoms with Crippen LogP contribution in [0.4, 0.5) is 13.2 Å². The maximum Gasteiger partial charge on any atom is 0.159 e. The molecule has 2 nitrogen and oxygen atoms in total. The minimum atomic E-state index is -0.746. The standard InChI is InChI=1S/C18H14ClF3N2S/c1-24-16(17(25-2)10-6-3-4-7-11(10)20)15(18(19)23-24)14-12(21)8-5-9-13(14)22/h3-9,17H,1-2H3. The van der Waals surface area contributed by atoms with Gasteiger partial charge < -0.3 is 0 Å². The molecular formula is C18H14ClF3N2S. The normalized spacial score (nSPS) is 12.4. The number of hydrogen-bond acceptors (Lipinski definition) is 2. The fraction of sp³-hybridized carbons (Fsp3) is 0.167. The van der Waals surface area contributed by atoms with E-state index in [1.54, 1.807) is 31.5 Å². The Morgan fingerprint density at radius 3 is 2.16 bits per heavy atom. The van der Waals surface area contributed by atoms with E-state index < -0.39 is 22.7 Å². The summed E-state index contributed by atoms with van der Waals surface area (Å²) in [4.78, 5) is 0. The lowest BCUT2D eigenvalue weighted by molar-refractivity contribution is 0.588. The summed E-state index contributed by atoms with van der Waals surface area (Å²) in [5, 5.41) is 3.55. The average molecular weight is 383 g/mol. The molecule has 0 spiro atoms. The lowest BCUT2D eigenvalue weighted by Gasteiger charge is -2.18. The molecule has 1 aromatic heterocycles. The van der Waals surface area contributed by atoms with E-state index in [9.17, 15) is 13.2 Å². The number of hydrogen-bond donors (Lipinski definition) is 0. The summed E-state index contributed by atoms with van der Waals surface area (Å²) in [6, 6.07) is 9.87. The predicted molar refractivity (Wildman–Crippen MR) is 95.3 cm³/mol. The van der Waals surface area contributed by atoms with E-state index in [1.165, 1.54) is 28.6 Å². The van der Waals surface area contributed by atoms with Gasteiger partial charge in [0.15, 0.2) is 5.15 Å². The zero-order valence-corrected chi connectivity index (χ0v) is 15.0. The van der Waals surface area contributed by atoms with Gasteiger partial charge in [0.1, 0.15) is 17.5 Å². The number of aromatic nitrogens is 2. The zero-order valence-electron chi connectivity index (χ0n) is 13.4. The van der Waals surface area contributed by atoms with Crippen molar-refractivity contribution in [3.05, 3.63) is 76.3 Å². The molecule has 7 heteroatoms. The quantitative estimate of drug-likeness (QED) is 0.583. The van der Waals surface area contributed by atoms with Crippen molar-refractivity contribution in [2.24, 2.45) is 7.05 Å². The second-order valence-corrected chi connectivity index (χ2v) is 6.71. The Morgan fingerprint density at radius 2 is 1.56 bits per heavy atom. The van der Waals surface area contributed by atoms with Gasteiger partial charge in [0, 0.05) is 18.2 Å². The van der Waals surface area contributed by atoms with Crippen LogP contribution in [0.15, 0.2) is 42.5 Å². The van der Waals surface area contributed by atoms with Crippen LogP contribution in [-0.2, 0) is 7.05 Å². The Kier molecular flexibility index (Phi) is 5.11. The first-order valence-corrected chi connectivity index (χ1v) is 9.06. The van der Waals surface area contributed by atoms with E-state index in [2.05, 4.69) is 5.10 Å². The molecule has 25 heavy (non-hydrogen) atoms. The number of thioether (sulfide) groups is 1. The number of benzene rings is 2. The largest absolute Gasteiger partial charge is 0.269 e. The second-order valence-electron chi connectivity index (χ2n) is 5.41. The molecule has 0 amide bonds. The molecule has 1 atom stereocenters. The molecule has 0 bridgehead atoms. The Bertz CT molecular complexity index is 906. The van der Waals surface area contributed by atoms with Crippen LogP contribution in [-0.4, -0.2) is 16.0 Å². The maximum absolute atomic E-state index is 14.3. The maximum atomic E-state index is 14.3. The van der Waals surface area contributed by atoms with Crippen molar-refractivity contribution in [2.45, 2.75) is 5.25 Å². The van der Waals surface area contributed by atoms with E-state index in [0.717, 1.165) is 12.1 Å². The van der Waals surface area contributed by atoms with Crippen LogP contribution < -0.4 is 0 Å². The van der Waals surface area contributed by atoms with Crippen LogP contribution >= 0.6 is 23.4 Å². The topological polar surface area (TPSA) is 17.8 Å². The summed E-state index contributed by atoms with van der Waals surface area (Å²) in [6.45, 7) is 0. The summed E-state index contributed by atoms with van der Waals surface area (Å²) in [5.74, 6) is -1.90. The third-order valence-electron chi connectivity index (χ3n) is 3.93. The second kappa shape index (κ2) is 7.14. The van der Waals surface area contributed by atoms with Crippen molar-refractivity contribution < 1.29 is 13.2 Å². The molecule has 0 radical (unpaired) electrons. The molecule has 3 rings (SSSR count). The lowest BCUT2D eigenvalue weighted by atomic mass is 9.99. The number of rotatable bonds is 4. The third-order valence-corrected chi connectivity index (χ3v) is 5.15. The molecule has 0 saturated carbocycles. The van der Waals surface area contributed by atoms with Gasteiger partial charge in [-0.2, -0.15) is 16.9 Å². The first-order chi connectivity index (χ1) is 12.0. The molecule has 1 unspecified atom stereocenters. The van der Waals surface area contributed by atoms with Crippen LogP contribution in [0.3, 0.4) is 0 Å². The molecule has 0 saturated heterocycles. The molecule has 0 N–H and O–H groups in total. The molecule has 130 valence electrons. The summed E-state index contributed by atoms with van der Waals surface area (Å²) >= 11 is 7.52. The third kappa shape index (κ3) is 3.16. The van der Waals surface area contributed by atoms with Crippen LogP contribution in [0.2, 0.25) is 5.15 Å². The number of aryl methyl sites for hydroxylation is 1. The van der Waals surface area contributed by atoms with E-state index >= 15 is 0 Å². The molecule has 0 fully saturated rings. The van der Waals surface area contributed by atoms with E-state index in [4.69, 9.17) is 11.6 Å². The van der Waals surface area contributed by atoms with Crippen LogP contribution in [0.5, 0.6) is 0 Å². The average Bonchev–Trinajstić information content (AvgIpc) is 2.85. The minimum absolute atomic E-state index is 0.0307. The van der Waals surface area contributed by atoms with Crippen molar-refractivity contribution in [2.75, 3.05) is 6.26 Å². The summed E-state index contributed by atoms with van der Waals surface area (Å²) in [6.07, 6.45) is 1.79. The predicted octanol–water partition coefficient (Wildman–Crippen LogP) is 5.61. The molecule has 0 aliphatic rings. The fourth-order valence-corrected chi connectivity index (χ4v) is 4.09. The molecule has 0 aliphatic carbocycles. The smallest absolute Gasteiger partial charge is 0.159 e. The van der Waals surface area contributed by atoms with Crippen molar-refractivity contribution in [3.8, 4) is 11.1 Å². The van der Waals surface area contributed by atoms with Gasteiger partial charge in [-0.1, -0.05) is 35.9 Å². The Balaban J connectivity index is 2.29. The molecule has 1 heterocycles. The van der Waals surface area contributed by atoms with Gasteiger partial charge in [-0.15, -0.1) is 0 Å². The van der Waals surface area contributed by atoms with Gasteiger partial charge in [-0.3, -0.25) is 4.68 Å². The first-order valence-electron chi connectivity index (χ1n) is 7.39. The molecule has 2 aromatic carbocycles. The zero-order chi connectivity index (χ0) is 18.1. The van der Waals surface area contributed by atoms with Crippen molar-refractivity contribution in [1.29, 1.82) is 0 Å². The Morgan fingerprint density at radius 1 is 0.960 bits per heavy atom. The summed E-state index contributed by atoms with van der Waals surface area (Å²) in [5.41, 5.74) is 0.715. The van der Waals surface area contributed by atoms with Gasteiger partial charge in [0.2, 0.25) is 0 Å². The van der Waals surface area contributed by atoms with Crippen molar-refractivity contribution in [1.82, 2.24) is 9.78 Å². The molecule has 3 aromatic rings. The van der Waals surface area contributed by atoms with Gasteiger partial charge in [-0.25, -0.2) is 13.2 Å². The fourth-order valence-electron chi connectivity index (χ4n) is 2.85. The van der Waals surface area contributed by atoms with Crippen molar-refractivity contribution >= 4 is 23.4 Å². The highest BCUT2D eigenvalue weighted by Crippen LogP contribution is 2.44. The van der Waals surface area contributed by atoms with Crippen LogP contribution in [0, 0.1) is 17.5 Å². The number of nitrogens with zero attached hydrogens (tertiary/aromatic N) is 2. The number of halogens is 4. The monoisotopic (exact) mass is 382 g/mol. The van der Waals surface area contributed by atoms with Gasteiger partial charge in [0.05, 0.1) is 16.5 Å². The van der Waals surface area contributed by atoms with E-state index in [0.29, 0.717) is 11.3 Å². The summed E-state index contributed by atoms with van der Waals surface area (Å²) < 4.78 is 44.4. The van der Waals surface area contributed by atoms with Crippen LogP contribution in [0.1, 0.15) is 16.5 Å². The van der Waals surface area contributed by atoms with E-state index in [-0.39, 0.29) is 16.3 Å². The lowest BCUT2D eigenvalue weighted by Crippen LogP contribution is -2.08.